The summed E-state index contributed by atoms with van der Waals surface area (Å²) in [6.45, 7) is 3.31. The molecule has 74 valence electrons. The zero-order valence-electron chi connectivity index (χ0n) is 8.72. The molecule has 0 fully saturated rings. The van der Waals surface area contributed by atoms with Crippen molar-refractivity contribution in [2.75, 3.05) is 6.54 Å². The summed E-state index contributed by atoms with van der Waals surface area (Å²) in [4.78, 5) is 0. The Balaban J connectivity index is 2.21. The maximum Gasteiger partial charge on any atom is 0.0374 e. The normalized spacial score (nSPS) is 15.1. The first kappa shape index (κ1) is 9.32. The van der Waals surface area contributed by atoms with Gasteiger partial charge in [-0.1, -0.05) is 37.6 Å². The van der Waals surface area contributed by atoms with Gasteiger partial charge in [-0.15, -0.1) is 0 Å². The van der Waals surface area contributed by atoms with Crippen LogP contribution in [-0.4, -0.2) is 6.54 Å². The summed E-state index contributed by atoms with van der Waals surface area (Å²) < 4.78 is 0. The Morgan fingerprint density at radius 2 is 2.29 bits per heavy atom. The molecule has 1 heterocycles. The van der Waals surface area contributed by atoms with Crippen LogP contribution >= 0.6 is 0 Å². The molecule has 1 aromatic rings. The second-order valence-electron chi connectivity index (χ2n) is 3.78. The van der Waals surface area contributed by atoms with E-state index in [0.29, 0.717) is 0 Å². The van der Waals surface area contributed by atoms with Gasteiger partial charge in [0.25, 0.3) is 0 Å². The topological polar surface area (TPSA) is 12.0 Å². The average molecular weight is 187 g/mol. The van der Waals surface area contributed by atoms with Crippen molar-refractivity contribution in [3.05, 3.63) is 41.5 Å². The van der Waals surface area contributed by atoms with Crippen molar-refractivity contribution in [1.82, 2.24) is 5.32 Å². The predicted octanol–water partition coefficient (Wildman–Crippen LogP) is 2.97. The summed E-state index contributed by atoms with van der Waals surface area (Å²) in [5, 5.41) is 3.40. The highest BCUT2D eigenvalue weighted by Gasteiger charge is 2.05. The highest BCUT2D eigenvalue weighted by Crippen LogP contribution is 2.18. The molecule has 0 spiro atoms. The minimum absolute atomic E-state index is 1.09. The Labute approximate surface area is 85.8 Å². The second kappa shape index (κ2) is 4.32. The maximum absolute atomic E-state index is 3.40. The number of hydrogen-bond donors (Lipinski definition) is 1. The van der Waals surface area contributed by atoms with Gasteiger partial charge in [-0.2, -0.15) is 0 Å². The highest BCUT2D eigenvalue weighted by molar-refractivity contribution is 5.65. The monoisotopic (exact) mass is 187 g/mol. The summed E-state index contributed by atoms with van der Waals surface area (Å²) in [6, 6.07) is 8.85. The minimum atomic E-state index is 1.09. The SMILES string of the molecule is CCCc1cccc(C2=CCCN2)c1. The molecule has 0 radical (unpaired) electrons. The van der Waals surface area contributed by atoms with Crippen LogP contribution in [0.15, 0.2) is 30.3 Å². The first-order valence-corrected chi connectivity index (χ1v) is 5.43. The standard InChI is InChI=1S/C13H17N/c1-2-5-11-6-3-7-12(10-11)13-8-4-9-14-13/h3,6-8,10,14H,2,4-5,9H2,1H3. The van der Waals surface area contributed by atoms with E-state index in [4.69, 9.17) is 0 Å². The van der Waals surface area contributed by atoms with E-state index in [2.05, 4.69) is 42.6 Å². The molecule has 0 aromatic heterocycles. The van der Waals surface area contributed by atoms with E-state index in [1.807, 2.05) is 0 Å². The Kier molecular flexibility index (Phi) is 2.87. The van der Waals surface area contributed by atoms with Crippen molar-refractivity contribution < 1.29 is 0 Å². The smallest absolute Gasteiger partial charge is 0.0374 e. The maximum atomic E-state index is 3.40. The average Bonchev–Trinajstić information content (AvgIpc) is 2.71. The molecule has 0 bridgehead atoms. The van der Waals surface area contributed by atoms with Crippen molar-refractivity contribution >= 4 is 5.70 Å². The first-order chi connectivity index (χ1) is 6.90. The lowest BCUT2D eigenvalue weighted by atomic mass is 10.1. The third kappa shape index (κ3) is 1.98. The van der Waals surface area contributed by atoms with E-state index < -0.39 is 0 Å². The molecule has 1 aromatic carbocycles. The van der Waals surface area contributed by atoms with Crippen molar-refractivity contribution in [3.8, 4) is 0 Å². The lowest BCUT2D eigenvalue weighted by Gasteiger charge is -2.06. The molecule has 1 aliphatic heterocycles. The van der Waals surface area contributed by atoms with Crippen molar-refractivity contribution in [3.63, 3.8) is 0 Å². The first-order valence-electron chi connectivity index (χ1n) is 5.43. The van der Waals surface area contributed by atoms with Crippen LogP contribution in [0.25, 0.3) is 5.70 Å². The van der Waals surface area contributed by atoms with Crippen LogP contribution in [0.2, 0.25) is 0 Å². The van der Waals surface area contributed by atoms with Crippen LogP contribution in [-0.2, 0) is 6.42 Å². The summed E-state index contributed by atoms with van der Waals surface area (Å²) in [5.74, 6) is 0. The molecule has 0 saturated carbocycles. The van der Waals surface area contributed by atoms with Gasteiger partial charge in [0.05, 0.1) is 0 Å². The summed E-state index contributed by atoms with van der Waals surface area (Å²) in [5.41, 5.74) is 4.09. The van der Waals surface area contributed by atoms with Crippen molar-refractivity contribution in [2.24, 2.45) is 0 Å². The fraction of sp³-hybridized carbons (Fsp3) is 0.385. The molecule has 1 N–H and O–H groups in total. The number of nitrogens with one attached hydrogen (secondary N) is 1. The van der Waals surface area contributed by atoms with Crippen molar-refractivity contribution in [2.45, 2.75) is 26.2 Å². The molecule has 1 nitrogen and oxygen atoms in total. The quantitative estimate of drug-likeness (QED) is 0.767. The van der Waals surface area contributed by atoms with Gasteiger partial charge in [0.2, 0.25) is 0 Å². The number of hydrogen-bond acceptors (Lipinski definition) is 1. The minimum Gasteiger partial charge on any atom is -0.385 e. The van der Waals surface area contributed by atoms with Gasteiger partial charge < -0.3 is 5.32 Å². The molecule has 0 aliphatic carbocycles. The van der Waals surface area contributed by atoms with Crippen LogP contribution < -0.4 is 5.32 Å². The summed E-state index contributed by atoms with van der Waals surface area (Å²) >= 11 is 0. The van der Waals surface area contributed by atoms with E-state index in [-0.39, 0.29) is 0 Å². The van der Waals surface area contributed by atoms with Gasteiger partial charge in [-0.25, -0.2) is 0 Å². The van der Waals surface area contributed by atoms with E-state index in [0.717, 1.165) is 13.0 Å². The summed E-state index contributed by atoms with van der Waals surface area (Å²) in [7, 11) is 0. The van der Waals surface area contributed by atoms with Gasteiger partial charge in [0, 0.05) is 12.2 Å². The van der Waals surface area contributed by atoms with Gasteiger partial charge in [-0.3, -0.25) is 0 Å². The molecular formula is C13H17N. The fourth-order valence-corrected chi connectivity index (χ4v) is 1.90. The molecule has 14 heavy (non-hydrogen) atoms. The van der Waals surface area contributed by atoms with E-state index in [1.54, 1.807) is 0 Å². The number of aryl methyl sites for hydroxylation is 1. The molecule has 0 unspecified atom stereocenters. The Bertz CT molecular complexity index is 339. The molecule has 1 aliphatic rings. The Hall–Kier alpha value is -1.24. The van der Waals surface area contributed by atoms with E-state index in [1.165, 1.54) is 29.7 Å². The zero-order chi connectivity index (χ0) is 9.80. The van der Waals surface area contributed by atoms with Crippen LogP contribution in [0.1, 0.15) is 30.9 Å². The molecule has 0 atom stereocenters. The largest absolute Gasteiger partial charge is 0.385 e. The van der Waals surface area contributed by atoms with Gasteiger partial charge in [0.1, 0.15) is 0 Å². The van der Waals surface area contributed by atoms with Crippen LogP contribution in [0.3, 0.4) is 0 Å². The fourth-order valence-electron chi connectivity index (χ4n) is 1.90. The third-order valence-corrected chi connectivity index (χ3v) is 2.58. The van der Waals surface area contributed by atoms with Gasteiger partial charge >= 0.3 is 0 Å². The molecule has 2 rings (SSSR count). The lowest BCUT2D eigenvalue weighted by molar-refractivity contribution is 0.915. The Morgan fingerprint density at radius 1 is 1.36 bits per heavy atom. The highest BCUT2D eigenvalue weighted by atomic mass is 14.9. The third-order valence-electron chi connectivity index (χ3n) is 2.58. The molecule has 0 saturated heterocycles. The van der Waals surface area contributed by atoms with Crippen LogP contribution in [0.5, 0.6) is 0 Å². The van der Waals surface area contributed by atoms with Gasteiger partial charge in [0.15, 0.2) is 0 Å². The van der Waals surface area contributed by atoms with Crippen molar-refractivity contribution in [1.29, 1.82) is 0 Å². The molecule has 0 amide bonds. The molecular weight excluding hydrogens is 170 g/mol. The molecule has 1 heteroatoms. The van der Waals surface area contributed by atoms with E-state index >= 15 is 0 Å². The van der Waals surface area contributed by atoms with Crippen LogP contribution in [0, 0.1) is 0 Å². The summed E-state index contributed by atoms with van der Waals surface area (Å²) in [6.07, 6.45) is 5.84. The predicted molar refractivity (Wildman–Crippen MR) is 61.0 cm³/mol. The van der Waals surface area contributed by atoms with Gasteiger partial charge in [-0.05, 0) is 30.0 Å². The number of benzene rings is 1. The second-order valence-corrected chi connectivity index (χ2v) is 3.78. The van der Waals surface area contributed by atoms with E-state index in [9.17, 15) is 0 Å². The number of rotatable bonds is 3. The van der Waals surface area contributed by atoms with Crippen LogP contribution in [0.4, 0.5) is 0 Å². The Morgan fingerprint density at radius 3 is 3.00 bits per heavy atom. The zero-order valence-corrected chi connectivity index (χ0v) is 8.72. The lowest BCUT2D eigenvalue weighted by Crippen LogP contribution is -2.06.